The Bertz CT molecular complexity index is 4850. The van der Waals surface area contributed by atoms with Crippen LogP contribution in [0.3, 0.4) is 0 Å². The first-order valence-corrected chi connectivity index (χ1v) is 31.9. The smallest absolute Gasteiger partial charge is 0.217 e. The molecule has 0 atom stereocenters. The third-order valence-corrected chi connectivity index (χ3v) is 14.7. The van der Waals surface area contributed by atoms with Crippen molar-refractivity contribution in [3.63, 3.8) is 0 Å². The van der Waals surface area contributed by atoms with Gasteiger partial charge in [0.1, 0.15) is 29.3 Å². The Labute approximate surface area is 677 Å². The first kappa shape index (κ1) is 79.9. The Morgan fingerprint density at radius 3 is 0.981 bits per heavy atom. The summed E-state index contributed by atoms with van der Waals surface area (Å²) >= 11 is 0. The maximum Gasteiger partial charge on any atom is 0.217 e. The molecule has 0 aliphatic carbocycles. The number of aromatic nitrogens is 13. The van der Waals surface area contributed by atoms with Crippen LogP contribution < -0.4 is 18.9 Å². The molecular formula is C83H55N13O8Pt4-4. The van der Waals surface area contributed by atoms with Crippen molar-refractivity contribution >= 4 is 0 Å². The zero-order valence-corrected chi connectivity index (χ0v) is 65.0. The van der Waals surface area contributed by atoms with Crippen LogP contribution in [0.25, 0.3) is 90.6 Å². The second-order valence-corrected chi connectivity index (χ2v) is 21.8. The van der Waals surface area contributed by atoms with E-state index in [9.17, 15) is 20.4 Å². The van der Waals surface area contributed by atoms with E-state index in [1.165, 1.54) is 6.33 Å². The van der Waals surface area contributed by atoms with Crippen molar-refractivity contribution in [1.29, 1.82) is 0 Å². The summed E-state index contributed by atoms with van der Waals surface area (Å²) in [4.78, 5) is 55.9. The molecule has 0 unspecified atom stereocenters. The van der Waals surface area contributed by atoms with Crippen molar-refractivity contribution < 1.29 is 124 Å². The van der Waals surface area contributed by atoms with Crippen LogP contribution in [0.4, 0.5) is 0 Å². The van der Waals surface area contributed by atoms with Crippen molar-refractivity contribution in [2.24, 2.45) is 0 Å². The predicted molar refractivity (Wildman–Crippen MR) is 389 cm³/mol. The fourth-order valence-corrected chi connectivity index (χ4v) is 9.83. The van der Waals surface area contributed by atoms with Crippen molar-refractivity contribution in [3.8, 4) is 160 Å². The van der Waals surface area contributed by atoms with Gasteiger partial charge in [0.25, 0.3) is 0 Å². The standard InChI is InChI=1S/3C21H14N3O2.C20H13N4O2.4Pt/c25-19-9-2-1-8-17(19)18-11-13-23-21(24-18)15-6-5-7-16(14-15)26-20-10-3-4-12-22-20;25-19-9-2-1-8-17(19)21-23-13-11-18(24-21)15-6-5-7-16(14-15)26-20-10-3-4-12-22-20;25-20-9-2-1-8-17(20)19-14-22-13-18(24-19)15-6-5-7-16(12-15)26-21-10-3-4-11-23-21;25-17-9-2-1-8-16(17)20-23-13-22-19(24-20)14-6-5-7-15(12-14)26-18-10-3-4-11-21-18;;;;/h2*1-13,25H;1-11,13-14,25H;1-11,13,25H;;;;/q4*-1;;;;. The second-order valence-electron chi connectivity index (χ2n) is 21.8. The van der Waals surface area contributed by atoms with Gasteiger partial charge >= 0.3 is 0 Å². The molecule has 4 N–H and O–H groups in total. The van der Waals surface area contributed by atoms with E-state index < -0.39 is 0 Å². The van der Waals surface area contributed by atoms with E-state index in [1.54, 1.807) is 171 Å². The second kappa shape index (κ2) is 40.3. The Kier molecular flexibility index (Phi) is 29.8. The van der Waals surface area contributed by atoms with Gasteiger partial charge in [0.05, 0.1) is 40.4 Å². The molecule has 0 aliphatic heterocycles. The summed E-state index contributed by atoms with van der Waals surface area (Å²) in [6.45, 7) is 0. The first-order chi connectivity index (χ1) is 51.2. The molecule has 0 spiro atoms. The number of nitrogens with zero attached hydrogens (tertiary/aromatic N) is 13. The first-order valence-electron chi connectivity index (χ1n) is 31.9. The van der Waals surface area contributed by atoms with E-state index in [0.717, 1.165) is 11.1 Å². The molecule has 544 valence electrons. The number of phenolic OH excluding ortho intramolecular Hbond substituents is 4. The fourth-order valence-electron chi connectivity index (χ4n) is 9.83. The van der Waals surface area contributed by atoms with Crippen LogP contribution in [0.2, 0.25) is 0 Å². The van der Waals surface area contributed by atoms with E-state index in [1.807, 2.05) is 133 Å². The summed E-state index contributed by atoms with van der Waals surface area (Å²) in [5.41, 5.74) is 7.78. The number of hydrogen-bond donors (Lipinski definition) is 4. The van der Waals surface area contributed by atoms with E-state index in [0.29, 0.717) is 126 Å². The van der Waals surface area contributed by atoms with Crippen LogP contribution in [0.15, 0.2) is 311 Å². The van der Waals surface area contributed by atoms with Crippen molar-refractivity contribution in [3.05, 3.63) is 335 Å². The summed E-state index contributed by atoms with van der Waals surface area (Å²) in [5, 5.41) is 40.1. The van der Waals surface area contributed by atoms with Gasteiger partial charge in [-0.1, -0.05) is 103 Å². The van der Waals surface area contributed by atoms with Crippen LogP contribution in [0.5, 0.6) is 69.5 Å². The number of pyridine rings is 4. The van der Waals surface area contributed by atoms with Crippen molar-refractivity contribution in [1.82, 2.24) is 64.8 Å². The molecule has 21 nitrogen and oxygen atoms in total. The average molecular weight is 2140 g/mol. The Hall–Kier alpha value is -12.2. The number of ether oxygens (including phenoxy) is 4. The van der Waals surface area contributed by atoms with Crippen LogP contribution in [-0.4, -0.2) is 85.2 Å². The quantitative estimate of drug-likeness (QED) is 0.0654. The van der Waals surface area contributed by atoms with Crippen LogP contribution in [-0.2, 0) is 84.3 Å². The molecule has 0 bridgehead atoms. The number of para-hydroxylation sites is 4. The van der Waals surface area contributed by atoms with Gasteiger partial charge in [0, 0.05) is 192 Å². The van der Waals surface area contributed by atoms with Crippen molar-refractivity contribution in [2.45, 2.75) is 0 Å². The zero-order valence-electron chi connectivity index (χ0n) is 55.9. The van der Waals surface area contributed by atoms with Gasteiger partial charge in [-0.2, -0.15) is 0 Å². The summed E-state index contributed by atoms with van der Waals surface area (Å²) in [6.07, 6.45) is 14.6. The Morgan fingerprint density at radius 1 is 0.231 bits per heavy atom. The van der Waals surface area contributed by atoms with E-state index in [4.69, 9.17) is 18.9 Å². The molecule has 16 rings (SSSR count). The van der Waals surface area contributed by atoms with Crippen LogP contribution in [0, 0.1) is 24.3 Å². The van der Waals surface area contributed by atoms with Crippen LogP contribution in [0.1, 0.15) is 0 Å². The third-order valence-electron chi connectivity index (χ3n) is 14.7. The third kappa shape index (κ3) is 21.9. The molecular weight excluding hydrogens is 2090 g/mol. The van der Waals surface area contributed by atoms with Crippen molar-refractivity contribution in [2.75, 3.05) is 0 Å². The molecule has 8 aromatic heterocycles. The normalized spacial score (nSPS) is 10.1. The van der Waals surface area contributed by atoms with Gasteiger partial charge in [0.15, 0.2) is 11.6 Å². The molecule has 8 aromatic carbocycles. The van der Waals surface area contributed by atoms with Gasteiger partial charge in [-0.15, -0.1) is 95.1 Å². The van der Waals surface area contributed by atoms with E-state index in [2.05, 4.69) is 89.1 Å². The van der Waals surface area contributed by atoms with Gasteiger partial charge in [-0.05, 0) is 84.6 Å². The minimum Gasteiger partial charge on any atom is -0.507 e. The largest absolute Gasteiger partial charge is 0.507 e. The maximum absolute atomic E-state index is 10.0. The summed E-state index contributed by atoms with van der Waals surface area (Å²) < 4.78 is 22.9. The monoisotopic (exact) mass is 2140 g/mol. The molecule has 0 radical (unpaired) electrons. The van der Waals surface area contributed by atoms with Gasteiger partial charge in [0.2, 0.25) is 23.5 Å². The number of phenols is 4. The number of aromatic hydroxyl groups is 4. The maximum atomic E-state index is 10.0. The molecule has 8 heterocycles. The molecule has 25 heteroatoms. The molecule has 0 amide bonds. The summed E-state index contributed by atoms with van der Waals surface area (Å²) in [7, 11) is 0. The molecule has 16 aromatic rings. The molecule has 0 fully saturated rings. The minimum absolute atomic E-state index is 0. The Balaban J connectivity index is 0.000000164. The summed E-state index contributed by atoms with van der Waals surface area (Å²) in [6, 6.07) is 88.0. The SMILES string of the molecule is Oc1ccccc1-c1ccnc(-c2[c-]c(Oc3ccccn3)ccc2)n1.Oc1ccccc1-c1cncc(-c2[c-]c(Oc3ccccn3)ccc2)n1.Oc1ccccc1-c1nccc(-c2[c-]c(Oc3ccccn3)ccc2)n1.Oc1ccccc1-c1ncnc(-c2[c-]c(Oc3ccccn3)ccc2)n1.[Pt].[Pt].[Pt].[Pt]. The summed E-state index contributed by atoms with van der Waals surface area (Å²) in [5.74, 6) is 6.43. The van der Waals surface area contributed by atoms with Crippen LogP contribution >= 0.6 is 0 Å². The fraction of sp³-hybridized carbons (Fsp3) is 0. The van der Waals surface area contributed by atoms with Gasteiger partial charge in [-0.25, -0.2) is 29.9 Å². The Morgan fingerprint density at radius 2 is 0.556 bits per heavy atom. The van der Waals surface area contributed by atoms with Gasteiger partial charge < -0.3 is 39.4 Å². The molecule has 0 aliphatic rings. The topological polar surface area (TPSA) is 285 Å². The molecule has 0 saturated heterocycles. The zero-order chi connectivity index (χ0) is 71.1. The van der Waals surface area contributed by atoms with Gasteiger partial charge in [-0.3, -0.25) is 34.9 Å². The van der Waals surface area contributed by atoms with E-state index >= 15 is 0 Å². The average Bonchev–Trinajstić information content (AvgIpc) is 0.833. The number of hydrogen-bond acceptors (Lipinski definition) is 21. The number of rotatable bonds is 16. The molecule has 108 heavy (non-hydrogen) atoms. The predicted octanol–water partition coefficient (Wildman–Crippen LogP) is 17.4. The molecule has 0 saturated carbocycles. The minimum atomic E-state index is 0. The number of benzene rings is 8. The van der Waals surface area contributed by atoms with E-state index in [-0.39, 0.29) is 107 Å².